The van der Waals surface area contributed by atoms with E-state index in [0.717, 1.165) is 49.1 Å². The molecule has 0 aliphatic carbocycles. The number of anilines is 2. The summed E-state index contributed by atoms with van der Waals surface area (Å²) in [4.78, 5) is 11.1. The van der Waals surface area contributed by atoms with E-state index in [2.05, 4.69) is 25.5 Å². The molecule has 0 amide bonds. The van der Waals surface area contributed by atoms with E-state index < -0.39 is 23.8 Å². The third-order valence-corrected chi connectivity index (χ3v) is 5.19. The standard InChI is InChI=1S/C21H22F3N5/c1-13(14-3-2-4-15(20(14)22)21(23)24)28-17-5-6-26-18-12-27-19(11-16(17)18)29-9-7-25-8-10-29/h2-6,11-13,21,25H,7-10H2,1H3,(H,26,28)/t13-/m1/s1. The van der Waals surface area contributed by atoms with Crippen LogP contribution in [0, 0.1) is 5.82 Å². The van der Waals surface area contributed by atoms with Crippen molar-refractivity contribution in [2.45, 2.75) is 19.4 Å². The van der Waals surface area contributed by atoms with Crippen LogP contribution in [0.2, 0.25) is 0 Å². The van der Waals surface area contributed by atoms with Gasteiger partial charge in [0.05, 0.1) is 23.3 Å². The van der Waals surface area contributed by atoms with E-state index in [1.54, 1.807) is 25.4 Å². The van der Waals surface area contributed by atoms with E-state index in [-0.39, 0.29) is 5.56 Å². The highest BCUT2D eigenvalue weighted by Gasteiger charge is 2.20. The van der Waals surface area contributed by atoms with Crippen molar-refractivity contribution < 1.29 is 13.2 Å². The summed E-state index contributed by atoms with van der Waals surface area (Å²) >= 11 is 0. The van der Waals surface area contributed by atoms with Crippen molar-refractivity contribution in [3.05, 3.63) is 59.7 Å². The van der Waals surface area contributed by atoms with E-state index in [1.807, 2.05) is 6.07 Å². The van der Waals surface area contributed by atoms with Crippen molar-refractivity contribution in [2.24, 2.45) is 0 Å². The van der Waals surface area contributed by atoms with Gasteiger partial charge in [0, 0.05) is 49.0 Å². The lowest BCUT2D eigenvalue weighted by Gasteiger charge is -2.28. The lowest BCUT2D eigenvalue weighted by Crippen LogP contribution is -2.43. The first kappa shape index (κ1) is 19.4. The Kier molecular flexibility index (Phi) is 5.53. The van der Waals surface area contributed by atoms with Gasteiger partial charge < -0.3 is 15.5 Å². The van der Waals surface area contributed by atoms with E-state index in [4.69, 9.17) is 0 Å². The summed E-state index contributed by atoms with van der Waals surface area (Å²) in [7, 11) is 0. The largest absolute Gasteiger partial charge is 0.378 e. The topological polar surface area (TPSA) is 53.1 Å². The maximum absolute atomic E-state index is 14.5. The van der Waals surface area contributed by atoms with E-state index in [9.17, 15) is 13.2 Å². The van der Waals surface area contributed by atoms with Crippen molar-refractivity contribution in [3.63, 3.8) is 0 Å². The van der Waals surface area contributed by atoms with Gasteiger partial charge in [-0.15, -0.1) is 0 Å². The minimum Gasteiger partial charge on any atom is -0.378 e. The zero-order valence-electron chi connectivity index (χ0n) is 16.0. The number of alkyl halides is 2. The number of fused-ring (bicyclic) bond motifs is 1. The van der Waals surface area contributed by atoms with Gasteiger partial charge in [-0.3, -0.25) is 4.98 Å². The lowest BCUT2D eigenvalue weighted by molar-refractivity contribution is 0.146. The van der Waals surface area contributed by atoms with Crippen LogP contribution in [-0.4, -0.2) is 36.1 Å². The zero-order chi connectivity index (χ0) is 20.4. The van der Waals surface area contributed by atoms with E-state index in [1.165, 1.54) is 12.1 Å². The van der Waals surface area contributed by atoms with Gasteiger partial charge in [0.15, 0.2) is 0 Å². The monoisotopic (exact) mass is 401 g/mol. The zero-order valence-corrected chi connectivity index (χ0v) is 16.0. The Bertz CT molecular complexity index is 1000. The van der Waals surface area contributed by atoms with Gasteiger partial charge >= 0.3 is 0 Å². The molecule has 4 rings (SSSR count). The minimum absolute atomic E-state index is 0.198. The molecule has 0 spiro atoms. The number of nitrogens with zero attached hydrogens (tertiary/aromatic N) is 3. The van der Waals surface area contributed by atoms with Crippen molar-refractivity contribution in [2.75, 3.05) is 36.4 Å². The molecule has 29 heavy (non-hydrogen) atoms. The smallest absolute Gasteiger partial charge is 0.266 e. The van der Waals surface area contributed by atoms with Crippen LogP contribution in [0.5, 0.6) is 0 Å². The average molecular weight is 401 g/mol. The highest BCUT2D eigenvalue weighted by molar-refractivity contribution is 5.92. The first-order valence-corrected chi connectivity index (χ1v) is 9.58. The van der Waals surface area contributed by atoms with Crippen molar-refractivity contribution in [1.29, 1.82) is 0 Å². The molecule has 3 aromatic rings. The molecule has 0 bridgehead atoms. The molecule has 1 aromatic carbocycles. The number of rotatable bonds is 5. The number of pyridine rings is 2. The number of hydrogen-bond donors (Lipinski definition) is 2. The molecule has 0 saturated carbocycles. The molecule has 8 heteroatoms. The summed E-state index contributed by atoms with van der Waals surface area (Å²) in [6.07, 6.45) is 0.521. The van der Waals surface area contributed by atoms with Crippen molar-refractivity contribution in [3.8, 4) is 0 Å². The lowest BCUT2D eigenvalue weighted by atomic mass is 10.0. The molecule has 0 radical (unpaired) electrons. The Morgan fingerprint density at radius 3 is 2.62 bits per heavy atom. The summed E-state index contributed by atoms with van der Waals surface area (Å²) in [6.45, 7) is 5.27. The second-order valence-electron chi connectivity index (χ2n) is 7.07. The number of piperazine rings is 1. The highest BCUT2D eigenvalue weighted by Crippen LogP contribution is 2.31. The predicted octanol–water partition coefficient (Wildman–Crippen LogP) is 4.29. The number of nitrogens with one attached hydrogen (secondary N) is 2. The first-order valence-electron chi connectivity index (χ1n) is 9.58. The second kappa shape index (κ2) is 8.24. The highest BCUT2D eigenvalue weighted by atomic mass is 19.3. The van der Waals surface area contributed by atoms with E-state index in [0.29, 0.717) is 5.52 Å². The summed E-state index contributed by atoms with van der Waals surface area (Å²) in [5.74, 6) is -0.0161. The third kappa shape index (κ3) is 3.98. The van der Waals surface area contributed by atoms with Crippen molar-refractivity contribution in [1.82, 2.24) is 15.3 Å². The number of hydrogen-bond acceptors (Lipinski definition) is 5. The quantitative estimate of drug-likeness (QED) is 0.668. The van der Waals surface area contributed by atoms with Crippen LogP contribution in [0.3, 0.4) is 0 Å². The molecule has 0 unspecified atom stereocenters. The molecule has 2 N–H and O–H groups in total. The van der Waals surface area contributed by atoms with Gasteiger partial charge in [-0.25, -0.2) is 18.2 Å². The van der Waals surface area contributed by atoms with Gasteiger partial charge in [-0.2, -0.15) is 0 Å². The average Bonchev–Trinajstić information content (AvgIpc) is 2.74. The van der Waals surface area contributed by atoms with E-state index >= 15 is 0 Å². The molecule has 1 saturated heterocycles. The minimum atomic E-state index is -2.85. The molecule has 5 nitrogen and oxygen atoms in total. The summed E-state index contributed by atoms with van der Waals surface area (Å²) < 4.78 is 40.6. The molecular formula is C21H22F3N5. The molecule has 1 aliphatic rings. The Morgan fingerprint density at radius 2 is 1.86 bits per heavy atom. The first-order chi connectivity index (χ1) is 14.0. The Balaban J connectivity index is 1.66. The van der Waals surface area contributed by atoms with Crippen LogP contribution >= 0.6 is 0 Å². The predicted molar refractivity (Wildman–Crippen MR) is 108 cm³/mol. The van der Waals surface area contributed by atoms with Gasteiger partial charge in [-0.05, 0) is 19.1 Å². The molecule has 3 heterocycles. The van der Waals surface area contributed by atoms with Crippen LogP contribution < -0.4 is 15.5 Å². The Labute approximate surface area is 167 Å². The molecule has 1 fully saturated rings. The summed E-state index contributed by atoms with van der Waals surface area (Å²) in [6, 6.07) is 7.36. The van der Waals surface area contributed by atoms with Gasteiger partial charge in [0.2, 0.25) is 0 Å². The second-order valence-corrected chi connectivity index (χ2v) is 7.07. The molecular weight excluding hydrogens is 379 g/mol. The summed E-state index contributed by atoms with van der Waals surface area (Å²) in [5, 5.41) is 7.42. The molecule has 2 aromatic heterocycles. The van der Waals surface area contributed by atoms with Crippen LogP contribution in [-0.2, 0) is 0 Å². The SMILES string of the molecule is C[C@@H](Nc1ccnc2cnc(N3CCNCC3)cc12)c1cccc(C(F)F)c1F. The maximum atomic E-state index is 14.5. The molecule has 152 valence electrons. The fourth-order valence-corrected chi connectivity index (χ4v) is 3.61. The van der Waals surface area contributed by atoms with Crippen LogP contribution in [0.1, 0.15) is 30.5 Å². The van der Waals surface area contributed by atoms with Crippen LogP contribution in [0.4, 0.5) is 24.7 Å². The van der Waals surface area contributed by atoms with Gasteiger partial charge in [-0.1, -0.05) is 18.2 Å². The number of benzene rings is 1. The molecule has 1 atom stereocenters. The number of halogens is 3. The van der Waals surface area contributed by atoms with Crippen LogP contribution in [0.25, 0.3) is 10.9 Å². The fourth-order valence-electron chi connectivity index (χ4n) is 3.61. The Morgan fingerprint density at radius 1 is 1.10 bits per heavy atom. The van der Waals surface area contributed by atoms with Gasteiger partial charge in [0.1, 0.15) is 11.6 Å². The number of aromatic nitrogens is 2. The normalized spacial score (nSPS) is 15.7. The Hall–Kier alpha value is -2.87. The van der Waals surface area contributed by atoms with Crippen molar-refractivity contribution >= 4 is 22.4 Å². The fraction of sp³-hybridized carbons (Fsp3) is 0.333. The third-order valence-electron chi connectivity index (χ3n) is 5.19. The molecule has 1 aliphatic heterocycles. The van der Waals surface area contributed by atoms with Gasteiger partial charge in [0.25, 0.3) is 6.43 Å². The maximum Gasteiger partial charge on any atom is 0.266 e. The van der Waals surface area contributed by atoms with Crippen LogP contribution in [0.15, 0.2) is 42.7 Å². The summed E-state index contributed by atoms with van der Waals surface area (Å²) in [5.41, 5.74) is 1.08.